The largest absolute Gasteiger partial charge is 0.135 e. The first kappa shape index (κ1) is 27.7. The van der Waals surface area contributed by atoms with E-state index in [-0.39, 0.29) is 7.43 Å². The maximum Gasteiger partial charge on any atom is 0.0361 e. The fourth-order valence-electron chi connectivity index (χ4n) is 5.68. The zero-order valence-electron chi connectivity index (χ0n) is 21.6. The Labute approximate surface area is 262 Å². The molecule has 0 aliphatic heterocycles. The van der Waals surface area contributed by atoms with E-state index in [1.54, 1.807) is 0 Å². The van der Waals surface area contributed by atoms with Crippen LogP contribution in [0.3, 0.4) is 0 Å². The average molecular weight is 677 g/mol. The van der Waals surface area contributed by atoms with Gasteiger partial charge in [0.25, 0.3) is 0 Å². The fraction of sp³-hybridized carbons (Fsp3) is 0.0526. The molecule has 0 nitrogen and oxygen atoms in total. The zero-order chi connectivity index (χ0) is 27.1. The van der Waals surface area contributed by atoms with Gasteiger partial charge in [-0.1, -0.05) is 148 Å². The minimum atomic E-state index is 0. The van der Waals surface area contributed by atoms with E-state index in [1.165, 1.54) is 64.7 Å². The quantitative estimate of drug-likeness (QED) is 0.171. The average Bonchev–Trinajstić information content (AvgIpc) is 3.56. The third kappa shape index (κ3) is 5.19. The Balaban J connectivity index is 0.000000144. The molecule has 0 bridgehead atoms. The molecule has 41 heavy (non-hydrogen) atoms. The van der Waals surface area contributed by atoms with Gasteiger partial charge in [0.05, 0.1) is 0 Å². The topological polar surface area (TPSA) is 0 Å². The summed E-state index contributed by atoms with van der Waals surface area (Å²) in [7, 11) is 0. The Bertz CT molecular complexity index is 2020. The second-order valence-corrected chi connectivity index (χ2v) is 12.7. The van der Waals surface area contributed by atoms with Gasteiger partial charge in [-0.15, -0.1) is 11.3 Å². The van der Waals surface area contributed by atoms with Crippen LogP contribution < -0.4 is 0 Å². The molecule has 0 unspecified atom stereocenters. The number of fused-ring (bicyclic) bond motifs is 6. The molecule has 0 saturated carbocycles. The molecule has 6 aromatic carbocycles. The van der Waals surface area contributed by atoms with Crippen LogP contribution in [0, 0.1) is 0 Å². The molecule has 0 N–H and O–H groups in total. The number of benzene rings is 6. The van der Waals surface area contributed by atoms with Crippen molar-refractivity contribution < 1.29 is 0 Å². The Morgan fingerprint density at radius 1 is 0.463 bits per heavy atom. The molecule has 0 radical (unpaired) electrons. The first-order valence-corrected chi connectivity index (χ1v) is 15.7. The summed E-state index contributed by atoms with van der Waals surface area (Å²) in [4.78, 5) is 0. The van der Waals surface area contributed by atoms with Gasteiger partial charge in [-0.3, -0.25) is 0 Å². The van der Waals surface area contributed by atoms with Crippen molar-refractivity contribution in [1.82, 2.24) is 0 Å². The number of hydrogen-bond acceptors (Lipinski definition) is 1. The van der Waals surface area contributed by atoms with E-state index in [1.807, 2.05) is 17.4 Å². The molecule has 0 spiro atoms. The van der Waals surface area contributed by atoms with E-state index in [0.29, 0.717) is 0 Å². The van der Waals surface area contributed by atoms with Crippen LogP contribution in [-0.2, 0) is 6.42 Å². The van der Waals surface area contributed by atoms with E-state index in [0.717, 1.165) is 15.4 Å². The van der Waals surface area contributed by atoms with Crippen molar-refractivity contribution in [3.8, 4) is 33.4 Å². The first-order chi connectivity index (χ1) is 19.7. The van der Waals surface area contributed by atoms with Crippen LogP contribution in [0.25, 0.3) is 53.6 Å². The highest BCUT2D eigenvalue weighted by molar-refractivity contribution is 9.11. The molecular formula is C38H28Br2S. The van der Waals surface area contributed by atoms with Crippen LogP contribution in [0.1, 0.15) is 18.6 Å². The summed E-state index contributed by atoms with van der Waals surface area (Å²) in [6.45, 7) is 0. The standard InChI is InChI=1S/C19H13Br.C18H11BrS.CH4/c20-18-11-4-3-9-16(18)17-10-5-7-14-12-13-6-1-2-8-15(13)19(14)17;19-16-7-3-1-5-13(16)12-9-10-15-14-6-2-4-8-17(14)20-18(15)11-12;/h1-11H,12H2;1-11H;1H4. The SMILES string of the molecule is Brc1ccccc1-c1ccc2c(c1)sc1ccccc12.Brc1ccccc1-c1cccc2c1-c1ccccc1C2.C. The molecule has 200 valence electrons. The number of hydrogen-bond donors (Lipinski definition) is 0. The molecule has 1 aromatic heterocycles. The van der Waals surface area contributed by atoms with Crippen molar-refractivity contribution in [3.63, 3.8) is 0 Å². The van der Waals surface area contributed by atoms with Crippen molar-refractivity contribution in [1.29, 1.82) is 0 Å². The summed E-state index contributed by atoms with van der Waals surface area (Å²) in [6, 6.07) is 47.5. The smallest absolute Gasteiger partial charge is 0.0361 e. The molecular weight excluding hydrogens is 648 g/mol. The molecule has 1 heterocycles. The second kappa shape index (κ2) is 11.8. The maximum absolute atomic E-state index is 3.68. The Morgan fingerprint density at radius 3 is 1.83 bits per heavy atom. The molecule has 1 aliphatic rings. The van der Waals surface area contributed by atoms with Crippen LogP contribution in [-0.4, -0.2) is 0 Å². The van der Waals surface area contributed by atoms with Crippen LogP contribution in [0.15, 0.2) is 142 Å². The summed E-state index contributed by atoms with van der Waals surface area (Å²) < 4.78 is 4.99. The number of rotatable bonds is 2. The maximum atomic E-state index is 3.68. The van der Waals surface area contributed by atoms with Crippen molar-refractivity contribution in [2.75, 3.05) is 0 Å². The molecule has 8 rings (SSSR count). The van der Waals surface area contributed by atoms with Crippen LogP contribution >= 0.6 is 43.2 Å². The summed E-state index contributed by atoms with van der Waals surface area (Å²) in [5.41, 5.74) is 10.7. The molecule has 0 saturated heterocycles. The second-order valence-electron chi connectivity index (χ2n) is 9.94. The van der Waals surface area contributed by atoms with Gasteiger partial charge in [0.15, 0.2) is 0 Å². The zero-order valence-corrected chi connectivity index (χ0v) is 25.6. The first-order valence-electron chi connectivity index (χ1n) is 13.3. The monoisotopic (exact) mass is 674 g/mol. The number of halogens is 2. The minimum absolute atomic E-state index is 0. The lowest BCUT2D eigenvalue weighted by atomic mass is 9.94. The predicted molar refractivity (Wildman–Crippen MR) is 187 cm³/mol. The Morgan fingerprint density at radius 2 is 1.05 bits per heavy atom. The molecule has 0 amide bonds. The van der Waals surface area contributed by atoms with Crippen molar-refractivity contribution in [2.24, 2.45) is 0 Å². The minimum Gasteiger partial charge on any atom is -0.135 e. The van der Waals surface area contributed by atoms with E-state index in [2.05, 4.69) is 159 Å². The van der Waals surface area contributed by atoms with Crippen LogP contribution in [0.2, 0.25) is 0 Å². The van der Waals surface area contributed by atoms with Gasteiger partial charge >= 0.3 is 0 Å². The van der Waals surface area contributed by atoms with E-state index in [9.17, 15) is 0 Å². The van der Waals surface area contributed by atoms with Gasteiger partial charge in [-0.25, -0.2) is 0 Å². The highest BCUT2D eigenvalue weighted by Crippen LogP contribution is 2.44. The third-order valence-electron chi connectivity index (χ3n) is 7.55. The number of thiophene rings is 1. The van der Waals surface area contributed by atoms with E-state index < -0.39 is 0 Å². The van der Waals surface area contributed by atoms with Crippen LogP contribution in [0.5, 0.6) is 0 Å². The highest BCUT2D eigenvalue weighted by atomic mass is 79.9. The highest BCUT2D eigenvalue weighted by Gasteiger charge is 2.21. The van der Waals surface area contributed by atoms with Gasteiger partial charge in [0.2, 0.25) is 0 Å². The predicted octanol–water partition coefficient (Wildman–Crippen LogP) is 12.8. The molecule has 1 aliphatic carbocycles. The van der Waals surface area contributed by atoms with E-state index in [4.69, 9.17) is 0 Å². The van der Waals surface area contributed by atoms with Crippen molar-refractivity contribution >= 4 is 63.4 Å². The third-order valence-corrected chi connectivity index (χ3v) is 10.1. The van der Waals surface area contributed by atoms with Gasteiger partial charge in [0.1, 0.15) is 0 Å². The fourth-order valence-corrected chi connectivity index (χ4v) is 7.84. The summed E-state index contributed by atoms with van der Waals surface area (Å²) in [6.07, 6.45) is 1.05. The molecule has 7 aromatic rings. The summed E-state index contributed by atoms with van der Waals surface area (Å²) in [5, 5.41) is 2.70. The summed E-state index contributed by atoms with van der Waals surface area (Å²) >= 11 is 9.18. The Hall–Kier alpha value is -3.50. The molecule has 0 fully saturated rings. The summed E-state index contributed by atoms with van der Waals surface area (Å²) in [5.74, 6) is 0. The lowest BCUT2D eigenvalue weighted by Crippen LogP contribution is -1.86. The lowest BCUT2D eigenvalue weighted by molar-refractivity contribution is 1.26. The Kier molecular flexibility index (Phi) is 7.94. The van der Waals surface area contributed by atoms with Crippen LogP contribution in [0.4, 0.5) is 0 Å². The van der Waals surface area contributed by atoms with Gasteiger partial charge in [-0.05, 0) is 75.2 Å². The van der Waals surface area contributed by atoms with Crippen molar-refractivity contribution in [2.45, 2.75) is 13.8 Å². The van der Waals surface area contributed by atoms with Gasteiger partial charge in [-0.2, -0.15) is 0 Å². The molecule has 3 heteroatoms. The van der Waals surface area contributed by atoms with E-state index >= 15 is 0 Å². The van der Waals surface area contributed by atoms with Crippen molar-refractivity contribution in [3.05, 3.63) is 154 Å². The molecule has 0 atom stereocenters. The van der Waals surface area contributed by atoms with Gasteiger partial charge in [0, 0.05) is 29.1 Å². The lowest BCUT2D eigenvalue weighted by Gasteiger charge is -2.11. The van der Waals surface area contributed by atoms with Gasteiger partial charge < -0.3 is 0 Å². The normalized spacial score (nSPS) is 11.4.